The van der Waals surface area contributed by atoms with Crippen LogP contribution in [0.15, 0.2) is 48.7 Å². The molecule has 138 valence electrons. The molecule has 2 heterocycles. The molecule has 1 aliphatic rings. The predicted molar refractivity (Wildman–Crippen MR) is 108 cm³/mol. The van der Waals surface area contributed by atoms with Crippen molar-refractivity contribution < 1.29 is 9.36 Å². The normalized spacial score (nSPS) is 12.9. The van der Waals surface area contributed by atoms with Gasteiger partial charge in [0.1, 0.15) is 6.20 Å². The van der Waals surface area contributed by atoms with Gasteiger partial charge in [0, 0.05) is 11.3 Å². The summed E-state index contributed by atoms with van der Waals surface area (Å²) in [6.07, 6.45) is 4.06. The highest BCUT2D eigenvalue weighted by Gasteiger charge is 2.29. The molecule has 6 heteroatoms. The number of nitrogens with one attached hydrogen (secondary N) is 1. The Bertz CT molecular complexity index is 1010. The molecule has 4 rings (SSSR count). The van der Waals surface area contributed by atoms with Gasteiger partial charge in [0.25, 0.3) is 11.7 Å². The number of carbonyl (C=O) groups is 1. The predicted octanol–water partition coefficient (Wildman–Crippen LogP) is 4.64. The second-order valence-electron chi connectivity index (χ2n) is 6.86. The van der Waals surface area contributed by atoms with Crippen molar-refractivity contribution in [1.29, 1.82) is 0 Å². The molecule has 0 spiro atoms. The zero-order chi connectivity index (χ0) is 19.0. The maximum absolute atomic E-state index is 12.5. The van der Waals surface area contributed by atoms with E-state index in [1.54, 1.807) is 0 Å². The average Bonchev–Trinajstić information content (AvgIpc) is 3.23. The summed E-state index contributed by atoms with van der Waals surface area (Å²) in [5, 5.41) is 4.04. The van der Waals surface area contributed by atoms with Crippen molar-refractivity contribution in [3.63, 3.8) is 0 Å². The van der Waals surface area contributed by atoms with E-state index in [0.29, 0.717) is 10.0 Å². The van der Waals surface area contributed by atoms with Gasteiger partial charge in [0.05, 0.1) is 23.0 Å². The van der Waals surface area contributed by atoms with Gasteiger partial charge in [-0.15, -0.1) is 0 Å². The van der Waals surface area contributed by atoms with Crippen LogP contribution in [0.25, 0.3) is 11.3 Å². The number of hydrogen-bond donors (Lipinski definition) is 1. The highest BCUT2D eigenvalue weighted by atomic mass is 35.5. The van der Waals surface area contributed by atoms with E-state index in [2.05, 4.69) is 9.88 Å². The van der Waals surface area contributed by atoms with Crippen molar-refractivity contribution in [3.8, 4) is 11.3 Å². The quantitative estimate of drug-likeness (QED) is 0.636. The van der Waals surface area contributed by atoms with Crippen LogP contribution in [0, 0.1) is 6.92 Å². The van der Waals surface area contributed by atoms with Gasteiger partial charge in [0.2, 0.25) is 0 Å². The number of aromatic nitrogens is 2. The number of imidazole rings is 1. The second kappa shape index (κ2) is 7.37. The molecular formula is C21H20Cl2N3O+. The summed E-state index contributed by atoms with van der Waals surface area (Å²) in [4.78, 5) is 12.5. The summed E-state index contributed by atoms with van der Waals surface area (Å²) in [5.74, 6) is 1.12. The molecule has 0 radical (unpaired) electrons. The van der Waals surface area contributed by atoms with Gasteiger partial charge in [-0.05, 0) is 43.7 Å². The van der Waals surface area contributed by atoms with Crippen molar-refractivity contribution in [1.82, 2.24) is 4.57 Å². The molecule has 27 heavy (non-hydrogen) atoms. The number of amides is 1. The zero-order valence-corrected chi connectivity index (χ0v) is 16.5. The van der Waals surface area contributed by atoms with Gasteiger partial charge < -0.3 is 5.32 Å². The van der Waals surface area contributed by atoms with Crippen molar-refractivity contribution in [2.75, 3.05) is 5.32 Å². The fourth-order valence-electron chi connectivity index (χ4n) is 3.52. The molecule has 0 fully saturated rings. The van der Waals surface area contributed by atoms with Gasteiger partial charge in [-0.2, -0.15) is 0 Å². The second-order valence-corrected chi connectivity index (χ2v) is 7.67. The summed E-state index contributed by atoms with van der Waals surface area (Å²) in [6.45, 7) is 3.25. The number of hydrogen-bond acceptors (Lipinski definition) is 1. The Hall–Kier alpha value is -2.30. The van der Waals surface area contributed by atoms with E-state index in [-0.39, 0.29) is 12.5 Å². The summed E-state index contributed by atoms with van der Waals surface area (Å²) < 4.78 is 4.30. The van der Waals surface area contributed by atoms with Crippen LogP contribution in [0.4, 0.5) is 5.69 Å². The molecule has 0 saturated heterocycles. The number of nitrogens with zero attached hydrogens (tertiary/aromatic N) is 2. The summed E-state index contributed by atoms with van der Waals surface area (Å²) in [7, 11) is 0. The fraction of sp³-hybridized carbons (Fsp3) is 0.238. The molecule has 1 aromatic heterocycles. The fourth-order valence-corrected chi connectivity index (χ4v) is 3.82. The molecule has 1 amide bonds. The monoisotopic (exact) mass is 400 g/mol. The molecule has 0 atom stereocenters. The smallest absolute Gasteiger partial charge is 0.266 e. The number of benzene rings is 2. The third-order valence-corrected chi connectivity index (χ3v) is 5.60. The van der Waals surface area contributed by atoms with Crippen LogP contribution in [0.5, 0.6) is 0 Å². The first-order valence-corrected chi connectivity index (χ1v) is 9.70. The maximum Gasteiger partial charge on any atom is 0.266 e. The van der Waals surface area contributed by atoms with Crippen LogP contribution in [-0.2, 0) is 24.3 Å². The van der Waals surface area contributed by atoms with E-state index in [1.165, 1.54) is 5.56 Å². The maximum atomic E-state index is 12.5. The highest BCUT2D eigenvalue weighted by molar-refractivity contribution is 6.42. The van der Waals surface area contributed by atoms with Gasteiger partial charge in [-0.1, -0.05) is 40.9 Å². The number of halogens is 2. The Morgan fingerprint density at radius 1 is 1.15 bits per heavy atom. The van der Waals surface area contributed by atoms with Crippen LogP contribution in [0.2, 0.25) is 10.0 Å². The molecule has 2 aromatic carbocycles. The van der Waals surface area contributed by atoms with Crippen LogP contribution < -0.4 is 9.88 Å². The van der Waals surface area contributed by atoms with E-state index in [9.17, 15) is 4.79 Å². The molecule has 0 bridgehead atoms. The third-order valence-electron chi connectivity index (χ3n) is 4.86. The Labute approximate surface area is 168 Å². The van der Waals surface area contributed by atoms with E-state index in [4.69, 9.17) is 23.2 Å². The number of anilines is 1. The molecule has 0 saturated carbocycles. The molecule has 3 aromatic rings. The van der Waals surface area contributed by atoms with Crippen LogP contribution in [-0.4, -0.2) is 10.5 Å². The Kier molecular flexibility index (Phi) is 4.94. The lowest BCUT2D eigenvalue weighted by Gasteiger charge is -2.04. The van der Waals surface area contributed by atoms with Crippen LogP contribution in [0.1, 0.15) is 17.8 Å². The first kappa shape index (κ1) is 18.1. The molecule has 1 aliphatic heterocycles. The van der Waals surface area contributed by atoms with E-state index in [1.807, 2.05) is 60.2 Å². The Morgan fingerprint density at radius 3 is 2.67 bits per heavy atom. The lowest BCUT2D eigenvalue weighted by molar-refractivity contribution is -0.690. The molecule has 0 unspecified atom stereocenters. The molecular weight excluding hydrogens is 381 g/mol. The highest BCUT2D eigenvalue weighted by Crippen LogP contribution is 2.30. The number of rotatable bonds is 4. The van der Waals surface area contributed by atoms with E-state index >= 15 is 0 Å². The van der Waals surface area contributed by atoms with Crippen molar-refractivity contribution in [2.24, 2.45) is 0 Å². The molecule has 1 N–H and O–H groups in total. The van der Waals surface area contributed by atoms with Crippen LogP contribution >= 0.6 is 23.2 Å². The first-order chi connectivity index (χ1) is 13.0. The first-order valence-electron chi connectivity index (χ1n) is 8.95. The summed E-state index contributed by atoms with van der Waals surface area (Å²) in [5.41, 5.74) is 4.04. The molecule has 0 aliphatic carbocycles. The van der Waals surface area contributed by atoms with Gasteiger partial charge >= 0.3 is 0 Å². The van der Waals surface area contributed by atoms with E-state index < -0.39 is 0 Å². The zero-order valence-electron chi connectivity index (χ0n) is 15.0. The lowest BCUT2D eigenvalue weighted by atomic mass is 10.1. The summed E-state index contributed by atoms with van der Waals surface area (Å²) in [6, 6.07) is 13.5. The third kappa shape index (κ3) is 3.73. The van der Waals surface area contributed by atoms with Gasteiger partial charge in [-0.3, -0.25) is 4.79 Å². The van der Waals surface area contributed by atoms with Crippen LogP contribution in [0.3, 0.4) is 0 Å². The number of fused-ring (bicyclic) bond motifs is 1. The lowest BCUT2D eigenvalue weighted by Crippen LogP contribution is -2.42. The van der Waals surface area contributed by atoms with Gasteiger partial charge in [-0.25, -0.2) is 9.13 Å². The largest absolute Gasteiger partial charge is 0.323 e. The van der Waals surface area contributed by atoms with E-state index in [0.717, 1.165) is 42.2 Å². The van der Waals surface area contributed by atoms with Crippen molar-refractivity contribution >= 4 is 34.8 Å². The molecule has 4 nitrogen and oxygen atoms in total. The topological polar surface area (TPSA) is 37.9 Å². The minimum absolute atomic E-state index is 0.0372. The van der Waals surface area contributed by atoms with Gasteiger partial charge in [0.15, 0.2) is 12.2 Å². The standard InChI is InChI=1S/C21H19Cl2N3O/c1-14-4-7-16(8-5-14)24-20(27)13-25-12-19(26-10-2-3-21(25)26)15-6-9-17(22)18(23)11-15/h4-9,11-12H,2-3,10,13H2,1H3/p+1. The van der Waals surface area contributed by atoms with Crippen molar-refractivity contribution in [3.05, 3.63) is 70.1 Å². The number of aryl methyl sites for hydroxylation is 1. The SMILES string of the molecule is Cc1ccc(NC(=O)C[n+]2cc(-c3ccc(Cl)c(Cl)c3)n3c2CCC3)cc1. The minimum Gasteiger partial charge on any atom is -0.323 e. The summed E-state index contributed by atoms with van der Waals surface area (Å²) >= 11 is 12.2. The minimum atomic E-state index is -0.0372. The Morgan fingerprint density at radius 2 is 1.93 bits per heavy atom. The average molecular weight is 401 g/mol. The van der Waals surface area contributed by atoms with Crippen molar-refractivity contribution in [2.45, 2.75) is 32.9 Å². The Balaban J connectivity index is 1.59. The number of carbonyl (C=O) groups excluding carboxylic acids is 1.